The number of esters is 2. The lowest BCUT2D eigenvalue weighted by Crippen LogP contribution is -2.54. The van der Waals surface area contributed by atoms with Crippen LogP contribution in [-0.4, -0.2) is 42.2 Å². The summed E-state index contributed by atoms with van der Waals surface area (Å²) >= 11 is 6.73. The van der Waals surface area contributed by atoms with E-state index >= 15 is 0 Å². The summed E-state index contributed by atoms with van der Waals surface area (Å²) in [6.07, 6.45) is -6.37. The molecule has 0 aliphatic carbocycles. The molecule has 2 rings (SSSR count). The molecule has 0 aromatic heterocycles. The minimum atomic E-state index is -4.61. The predicted molar refractivity (Wildman–Crippen MR) is 105 cm³/mol. The highest BCUT2D eigenvalue weighted by atomic mass is 35.5. The van der Waals surface area contributed by atoms with Crippen LogP contribution in [0.25, 0.3) is 10.4 Å². The van der Waals surface area contributed by atoms with E-state index in [4.69, 9.17) is 31.3 Å². The molecule has 0 radical (unpaired) electrons. The summed E-state index contributed by atoms with van der Waals surface area (Å²) in [6, 6.07) is 2.28. The first-order chi connectivity index (χ1) is 14.4. The quantitative estimate of drug-likeness (QED) is 0.245. The number of azide groups is 1. The molecule has 1 saturated heterocycles. The van der Waals surface area contributed by atoms with Gasteiger partial charge in [0.05, 0.1) is 22.7 Å². The molecule has 1 aliphatic rings. The molecule has 13 heteroatoms. The van der Waals surface area contributed by atoms with Crippen LogP contribution >= 0.6 is 23.4 Å². The molecule has 1 aliphatic heterocycles. The van der Waals surface area contributed by atoms with Crippen LogP contribution in [-0.2, 0) is 30.0 Å². The summed E-state index contributed by atoms with van der Waals surface area (Å²) in [5.74, 6) is -1.70. The molecule has 1 heterocycles. The summed E-state index contributed by atoms with van der Waals surface area (Å²) in [7, 11) is 0. The van der Waals surface area contributed by atoms with Crippen LogP contribution in [0.5, 0.6) is 0 Å². The van der Waals surface area contributed by atoms with Gasteiger partial charge >= 0.3 is 18.1 Å². The molecule has 1 aromatic carbocycles. The summed E-state index contributed by atoms with van der Waals surface area (Å²) in [4.78, 5) is 25.9. The van der Waals surface area contributed by atoms with Gasteiger partial charge < -0.3 is 14.2 Å². The standard InChI is InChI=1S/C18H19ClF3N3O5S/c1-8-14(7-28-9(2)26)30-17(16(29-10(3)27)15(8)24-25-23)31-11-4-5-12(13(19)6-11)18(20,21)22/h4-6,8,14-17H,7H2,1-3H3/t8-,14?,15?,16-,17+/m0/s1. The van der Waals surface area contributed by atoms with Crippen LogP contribution in [0.4, 0.5) is 13.2 Å². The van der Waals surface area contributed by atoms with Crippen molar-refractivity contribution in [2.75, 3.05) is 6.61 Å². The van der Waals surface area contributed by atoms with Gasteiger partial charge in [-0.15, -0.1) is 0 Å². The molecule has 0 N–H and O–H groups in total. The summed E-state index contributed by atoms with van der Waals surface area (Å²) in [5.41, 5.74) is 7.01. The number of hydrogen-bond acceptors (Lipinski definition) is 7. The maximum atomic E-state index is 13.0. The molecule has 8 nitrogen and oxygen atoms in total. The summed E-state index contributed by atoms with van der Waals surface area (Å²) in [6.45, 7) is 3.92. The van der Waals surface area contributed by atoms with Crippen LogP contribution in [0, 0.1) is 5.92 Å². The highest BCUT2D eigenvalue weighted by Gasteiger charge is 2.46. The maximum absolute atomic E-state index is 13.0. The zero-order chi connectivity index (χ0) is 23.3. The van der Waals surface area contributed by atoms with Gasteiger partial charge in [-0.1, -0.05) is 35.4 Å². The largest absolute Gasteiger partial charge is 0.463 e. The number of halogens is 4. The number of carbonyl (C=O) groups excluding carboxylic acids is 2. The first-order valence-corrected chi connectivity index (χ1v) is 10.2. The number of thioether (sulfide) groups is 1. The Morgan fingerprint density at radius 2 is 2.00 bits per heavy atom. The van der Waals surface area contributed by atoms with Crippen molar-refractivity contribution in [3.8, 4) is 0 Å². The monoisotopic (exact) mass is 481 g/mol. The zero-order valence-electron chi connectivity index (χ0n) is 16.6. The maximum Gasteiger partial charge on any atom is 0.417 e. The van der Waals surface area contributed by atoms with E-state index in [0.717, 1.165) is 23.9 Å². The summed E-state index contributed by atoms with van der Waals surface area (Å²) < 4.78 is 55.2. The Kier molecular flexibility index (Phi) is 8.47. The Balaban J connectivity index is 2.36. The molecular formula is C18H19ClF3N3O5S. The van der Waals surface area contributed by atoms with Crippen molar-refractivity contribution in [3.05, 3.63) is 39.2 Å². The smallest absolute Gasteiger partial charge is 0.417 e. The van der Waals surface area contributed by atoms with Crippen molar-refractivity contribution in [1.82, 2.24) is 0 Å². The molecule has 2 unspecified atom stereocenters. The van der Waals surface area contributed by atoms with E-state index in [1.807, 2.05) is 0 Å². The molecule has 0 bridgehead atoms. The highest BCUT2D eigenvalue weighted by molar-refractivity contribution is 7.99. The van der Waals surface area contributed by atoms with E-state index in [9.17, 15) is 22.8 Å². The lowest BCUT2D eigenvalue weighted by molar-refractivity contribution is -0.176. The average Bonchev–Trinajstić information content (AvgIpc) is 2.64. The van der Waals surface area contributed by atoms with Gasteiger partial charge in [-0.25, -0.2) is 0 Å². The lowest BCUT2D eigenvalue weighted by atomic mass is 9.89. The van der Waals surface area contributed by atoms with Gasteiger partial charge in [0.1, 0.15) is 18.1 Å². The summed E-state index contributed by atoms with van der Waals surface area (Å²) in [5, 5.41) is 3.22. The molecule has 1 aromatic rings. The fourth-order valence-electron chi connectivity index (χ4n) is 3.02. The van der Waals surface area contributed by atoms with Crippen LogP contribution in [0.2, 0.25) is 5.02 Å². The number of nitrogens with zero attached hydrogens (tertiary/aromatic N) is 3. The van der Waals surface area contributed by atoms with E-state index in [1.54, 1.807) is 6.92 Å². The Hall–Kier alpha value is -2.14. The van der Waals surface area contributed by atoms with Gasteiger partial charge in [-0.05, 0) is 29.6 Å². The van der Waals surface area contributed by atoms with E-state index in [2.05, 4.69) is 10.0 Å². The number of alkyl halides is 3. The molecule has 0 saturated carbocycles. The van der Waals surface area contributed by atoms with Crippen LogP contribution < -0.4 is 0 Å². The molecule has 170 valence electrons. The van der Waals surface area contributed by atoms with Crippen molar-refractivity contribution in [3.63, 3.8) is 0 Å². The predicted octanol–water partition coefficient (Wildman–Crippen LogP) is 4.99. The van der Waals surface area contributed by atoms with Crippen molar-refractivity contribution in [2.24, 2.45) is 11.0 Å². The van der Waals surface area contributed by atoms with E-state index < -0.39 is 58.3 Å². The first-order valence-electron chi connectivity index (χ1n) is 8.97. The Labute approximate surface area is 185 Å². The minimum Gasteiger partial charge on any atom is -0.463 e. The van der Waals surface area contributed by atoms with Gasteiger partial charge in [-0.2, -0.15) is 13.2 Å². The van der Waals surface area contributed by atoms with E-state index in [0.29, 0.717) is 4.90 Å². The van der Waals surface area contributed by atoms with Gasteiger partial charge in [0, 0.05) is 23.7 Å². The SMILES string of the molecule is CC(=O)OCC1O[C@H](Sc2ccc(C(F)(F)F)c(Cl)c2)[C@@H](OC(C)=O)C(N=[N+]=[N-])[C@H]1C. The fourth-order valence-corrected chi connectivity index (χ4v) is 4.52. The second-order valence-corrected chi connectivity index (χ2v) is 8.31. The number of ether oxygens (including phenoxy) is 3. The first kappa shape index (κ1) is 25.1. The minimum absolute atomic E-state index is 0.147. The topological polar surface area (TPSA) is 111 Å². The van der Waals surface area contributed by atoms with Crippen molar-refractivity contribution >= 4 is 35.3 Å². The third-order valence-corrected chi connectivity index (χ3v) is 5.93. The second-order valence-electron chi connectivity index (χ2n) is 6.73. The van der Waals surface area contributed by atoms with Gasteiger partial charge in [0.15, 0.2) is 0 Å². The fraction of sp³-hybridized carbons (Fsp3) is 0.556. The van der Waals surface area contributed by atoms with Crippen molar-refractivity contribution in [2.45, 2.75) is 55.5 Å². The Morgan fingerprint density at radius 3 is 2.52 bits per heavy atom. The number of hydrogen-bond donors (Lipinski definition) is 0. The molecule has 1 fully saturated rings. The average molecular weight is 482 g/mol. The van der Waals surface area contributed by atoms with Crippen LogP contribution in [0.15, 0.2) is 28.2 Å². The highest BCUT2D eigenvalue weighted by Crippen LogP contribution is 2.41. The van der Waals surface area contributed by atoms with Crippen LogP contribution in [0.1, 0.15) is 26.3 Å². The van der Waals surface area contributed by atoms with Crippen molar-refractivity contribution < 1.29 is 37.0 Å². The second kappa shape index (κ2) is 10.4. The van der Waals surface area contributed by atoms with E-state index in [1.165, 1.54) is 19.9 Å². The van der Waals surface area contributed by atoms with Gasteiger partial charge in [-0.3, -0.25) is 9.59 Å². The molecule has 0 spiro atoms. The lowest BCUT2D eigenvalue weighted by Gasteiger charge is -2.43. The third kappa shape index (κ3) is 6.67. The Bertz CT molecular complexity index is 881. The number of rotatable bonds is 6. The number of carbonyl (C=O) groups is 2. The van der Waals surface area contributed by atoms with Crippen LogP contribution in [0.3, 0.4) is 0 Å². The molecule has 0 amide bonds. The van der Waals surface area contributed by atoms with Gasteiger partial charge in [0.2, 0.25) is 0 Å². The zero-order valence-corrected chi connectivity index (χ0v) is 18.2. The number of benzene rings is 1. The molecule has 31 heavy (non-hydrogen) atoms. The third-order valence-electron chi connectivity index (χ3n) is 4.47. The van der Waals surface area contributed by atoms with Crippen molar-refractivity contribution in [1.29, 1.82) is 0 Å². The van der Waals surface area contributed by atoms with Gasteiger partial charge in [0.25, 0.3) is 0 Å². The normalized spacial score (nSPS) is 26.0. The molecular weight excluding hydrogens is 463 g/mol. The Morgan fingerprint density at radius 1 is 1.32 bits per heavy atom. The van der Waals surface area contributed by atoms with E-state index in [-0.39, 0.29) is 6.61 Å². The molecule has 5 atom stereocenters.